The van der Waals surface area contributed by atoms with E-state index in [9.17, 15) is 18.0 Å². The Hall–Kier alpha value is -1.56. The smallest absolute Gasteiger partial charge is 0.338 e. The maximum absolute atomic E-state index is 12.8. The number of hydrogen-bond acceptors (Lipinski definition) is 2. The van der Waals surface area contributed by atoms with Crippen LogP contribution >= 0.6 is 0 Å². The topological polar surface area (TPSA) is 46.3 Å². The highest BCUT2D eigenvalue weighted by molar-refractivity contribution is 5.79. The minimum absolute atomic E-state index is 0.0380. The van der Waals surface area contributed by atoms with Gasteiger partial charge in [0.2, 0.25) is 5.91 Å². The maximum atomic E-state index is 12.8. The number of rotatable bonds is 1. The zero-order valence-corrected chi connectivity index (χ0v) is 12.2. The van der Waals surface area contributed by atoms with Gasteiger partial charge in [0, 0.05) is 25.0 Å². The van der Waals surface area contributed by atoms with Crippen molar-refractivity contribution < 1.29 is 18.0 Å². The quantitative estimate of drug-likeness (QED) is 0.866. The number of amides is 1. The van der Waals surface area contributed by atoms with Crippen molar-refractivity contribution in [2.75, 3.05) is 6.54 Å². The van der Waals surface area contributed by atoms with Crippen LogP contribution in [0, 0.1) is 5.92 Å². The van der Waals surface area contributed by atoms with Gasteiger partial charge in [0.15, 0.2) is 0 Å². The highest BCUT2D eigenvalue weighted by Gasteiger charge is 2.34. The Balaban J connectivity index is 1.76. The van der Waals surface area contributed by atoms with Crippen molar-refractivity contribution in [2.45, 2.75) is 44.4 Å². The third-order valence-corrected chi connectivity index (χ3v) is 4.68. The van der Waals surface area contributed by atoms with E-state index in [2.05, 4.69) is 0 Å². The summed E-state index contributed by atoms with van der Waals surface area (Å²) in [6.45, 7) is 0.840. The maximum Gasteiger partial charge on any atom is 0.416 e. The summed E-state index contributed by atoms with van der Waals surface area (Å²) in [5.74, 6) is -0.0293. The number of carbonyl (C=O) groups excluding carboxylic acids is 1. The van der Waals surface area contributed by atoms with Crippen LogP contribution < -0.4 is 5.73 Å². The summed E-state index contributed by atoms with van der Waals surface area (Å²) < 4.78 is 38.4. The van der Waals surface area contributed by atoms with Gasteiger partial charge in [-0.1, -0.05) is 6.07 Å². The molecule has 1 aliphatic carbocycles. The predicted molar refractivity (Wildman–Crippen MR) is 75.9 cm³/mol. The average Bonchev–Trinajstić information content (AvgIpc) is 2.91. The van der Waals surface area contributed by atoms with Crippen LogP contribution in [0.1, 0.15) is 36.0 Å². The van der Waals surface area contributed by atoms with E-state index in [4.69, 9.17) is 5.73 Å². The number of hydrogen-bond donors (Lipinski definition) is 1. The molecule has 2 unspecified atom stereocenters. The molecule has 0 spiro atoms. The first kappa shape index (κ1) is 15.3. The standard InChI is InChI=1S/C16H19F3N2O/c17-16(18,19)13-3-1-10-5-6-21(9-12(10)7-13)15(22)11-2-4-14(20)8-11/h1,3,7,11,14H,2,4-6,8-9,20H2. The van der Waals surface area contributed by atoms with Crippen LogP contribution in [-0.2, 0) is 23.9 Å². The fourth-order valence-corrected chi connectivity index (χ4v) is 3.42. The first-order chi connectivity index (χ1) is 10.3. The Kier molecular flexibility index (Phi) is 3.89. The average molecular weight is 312 g/mol. The lowest BCUT2D eigenvalue weighted by Crippen LogP contribution is -2.39. The zero-order valence-electron chi connectivity index (χ0n) is 12.2. The van der Waals surface area contributed by atoms with E-state index in [-0.39, 0.29) is 24.4 Å². The number of alkyl halides is 3. The minimum atomic E-state index is -4.35. The summed E-state index contributed by atoms with van der Waals surface area (Å²) in [6, 6.07) is 3.90. The third-order valence-electron chi connectivity index (χ3n) is 4.68. The second-order valence-electron chi connectivity index (χ2n) is 6.26. The van der Waals surface area contributed by atoms with Crippen LogP contribution in [0.15, 0.2) is 18.2 Å². The van der Waals surface area contributed by atoms with Crippen LogP contribution in [0.25, 0.3) is 0 Å². The van der Waals surface area contributed by atoms with E-state index in [1.54, 1.807) is 4.90 Å². The molecule has 1 saturated carbocycles. The number of halogens is 3. The van der Waals surface area contributed by atoms with E-state index in [1.807, 2.05) is 0 Å². The Bertz CT molecular complexity index is 585. The fraction of sp³-hybridized carbons (Fsp3) is 0.562. The van der Waals surface area contributed by atoms with Crippen molar-refractivity contribution >= 4 is 5.91 Å². The minimum Gasteiger partial charge on any atom is -0.338 e. The summed E-state index contributed by atoms with van der Waals surface area (Å²) in [4.78, 5) is 14.2. The fourth-order valence-electron chi connectivity index (χ4n) is 3.42. The number of nitrogens with zero attached hydrogens (tertiary/aromatic N) is 1. The van der Waals surface area contributed by atoms with Crippen LogP contribution in [0.3, 0.4) is 0 Å². The number of carbonyl (C=O) groups is 1. The van der Waals surface area contributed by atoms with Gasteiger partial charge in [-0.25, -0.2) is 0 Å². The summed E-state index contributed by atoms with van der Waals surface area (Å²) in [7, 11) is 0. The van der Waals surface area contributed by atoms with Crippen LogP contribution in [0.2, 0.25) is 0 Å². The summed E-state index contributed by atoms with van der Waals surface area (Å²) >= 11 is 0. The van der Waals surface area contributed by atoms with Crippen LogP contribution in [-0.4, -0.2) is 23.4 Å². The molecule has 2 N–H and O–H groups in total. The molecule has 1 heterocycles. The van der Waals surface area contributed by atoms with E-state index in [0.29, 0.717) is 24.9 Å². The molecule has 1 amide bonds. The SMILES string of the molecule is NC1CCC(C(=O)N2CCc3ccc(C(F)(F)F)cc3C2)C1. The molecule has 1 aromatic carbocycles. The summed E-state index contributed by atoms with van der Waals surface area (Å²) in [5, 5.41) is 0. The van der Waals surface area contributed by atoms with E-state index >= 15 is 0 Å². The molecule has 1 aromatic rings. The van der Waals surface area contributed by atoms with Gasteiger partial charge in [0.25, 0.3) is 0 Å². The molecular formula is C16H19F3N2O. The van der Waals surface area contributed by atoms with Crippen molar-refractivity contribution in [3.05, 3.63) is 34.9 Å². The van der Waals surface area contributed by atoms with Crippen molar-refractivity contribution in [3.8, 4) is 0 Å². The van der Waals surface area contributed by atoms with Crippen molar-refractivity contribution in [2.24, 2.45) is 11.7 Å². The molecule has 0 saturated heterocycles. The Morgan fingerprint density at radius 3 is 2.64 bits per heavy atom. The van der Waals surface area contributed by atoms with Gasteiger partial charge < -0.3 is 10.6 Å². The molecule has 120 valence electrons. The second kappa shape index (κ2) is 5.57. The molecule has 2 aliphatic rings. The molecule has 0 radical (unpaired) electrons. The molecule has 2 atom stereocenters. The molecule has 0 aromatic heterocycles. The number of benzene rings is 1. The van der Waals surface area contributed by atoms with Gasteiger partial charge in [0.1, 0.15) is 0 Å². The first-order valence-electron chi connectivity index (χ1n) is 7.58. The molecule has 6 heteroatoms. The highest BCUT2D eigenvalue weighted by atomic mass is 19.4. The lowest BCUT2D eigenvalue weighted by Gasteiger charge is -2.31. The summed E-state index contributed by atoms with van der Waals surface area (Å²) in [6.07, 6.45) is -1.42. The second-order valence-corrected chi connectivity index (χ2v) is 6.26. The van der Waals surface area contributed by atoms with Crippen molar-refractivity contribution in [1.29, 1.82) is 0 Å². The van der Waals surface area contributed by atoms with E-state index in [1.165, 1.54) is 12.1 Å². The molecule has 3 nitrogen and oxygen atoms in total. The largest absolute Gasteiger partial charge is 0.416 e. The van der Waals surface area contributed by atoms with Gasteiger partial charge >= 0.3 is 6.18 Å². The predicted octanol–water partition coefficient (Wildman–Crippen LogP) is 2.72. The first-order valence-corrected chi connectivity index (χ1v) is 7.58. The molecule has 22 heavy (non-hydrogen) atoms. The van der Waals surface area contributed by atoms with Crippen LogP contribution in [0.5, 0.6) is 0 Å². The lowest BCUT2D eigenvalue weighted by molar-refractivity contribution is -0.137. The third kappa shape index (κ3) is 2.97. The van der Waals surface area contributed by atoms with Gasteiger partial charge in [-0.05, 0) is 48.9 Å². The number of nitrogens with two attached hydrogens (primary N) is 1. The van der Waals surface area contributed by atoms with E-state index < -0.39 is 11.7 Å². The van der Waals surface area contributed by atoms with Gasteiger partial charge in [-0.2, -0.15) is 13.2 Å². The van der Waals surface area contributed by atoms with Crippen molar-refractivity contribution in [1.82, 2.24) is 4.90 Å². The van der Waals surface area contributed by atoms with Gasteiger partial charge in [-0.15, -0.1) is 0 Å². The highest BCUT2D eigenvalue weighted by Crippen LogP contribution is 2.33. The molecular weight excluding hydrogens is 293 g/mol. The normalized spacial score (nSPS) is 25.2. The van der Waals surface area contributed by atoms with Crippen LogP contribution in [0.4, 0.5) is 13.2 Å². The Morgan fingerprint density at radius 1 is 1.23 bits per heavy atom. The molecule has 0 bridgehead atoms. The molecule has 3 rings (SSSR count). The lowest BCUT2D eigenvalue weighted by atomic mass is 9.95. The van der Waals surface area contributed by atoms with Gasteiger partial charge in [-0.3, -0.25) is 4.79 Å². The Morgan fingerprint density at radius 2 is 2.00 bits per heavy atom. The van der Waals surface area contributed by atoms with E-state index in [0.717, 1.165) is 24.5 Å². The van der Waals surface area contributed by atoms with Crippen molar-refractivity contribution in [3.63, 3.8) is 0 Å². The number of fused-ring (bicyclic) bond motifs is 1. The zero-order chi connectivity index (χ0) is 15.9. The molecule has 1 aliphatic heterocycles. The Labute approximate surface area is 127 Å². The summed E-state index contributed by atoms with van der Waals surface area (Å²) in [5.41, 5.74) is 6.70. The molecule has 1 fully saturated rings. The monoisotopic (exact) mass is 312 g/mol. The van der Waals surface area contributed by atoms with Gasteiger partial charge in [0.05, 0.1) is 5.56 Å².